The van der Waals surface area contributed by atoms with Crippen molar-refractivity contribution in [2.75, 3.05) is 28.4 Å². The molecule has 0 fully saturated rings. The summed E-state index contributed by atoms with van der Waals surface area (Å²) in [6.45, 7) is 4.02. The van der Waals surface area contributed by atoms with Gasteiger partial charge in [0.25, 0.3) is 0 Å². The van der Waals surface area contributed by atoms with Crippen molar-refractivity contribution >= 4 is 28.2 Å². The fourth-order valence-electron chi connectivity index (χ4n) is 2.64. The number of benzene rings is 1. The molecule has 0 spiro atoms. The van der Waals surface area contributed by atoms with Crippen LogP contribution in [-0.2, 0) is 4.74 Å². The molecule has 0 bridgehead atoms. The molecule has 0 N–H and O–H groups in total. The van der Waals surface area contributed by atoms with E-state index in [0.29, 0.717) is 17.2 Å². The van der Waals surface area contributed by atoms with Gasteiger partial charge in [-0.15, -0.1) is 0 Å². The number of allylic oxidation sites excluding steroid dienone is 1. The van der Waals surface area contributed by atoms with Crippen LogP contribution >= 0.6 is 15.9 Å². The molecule has 0 saturated heterocycles. The molecule has 24 heavy (non-hydrogen) atoms. The van der Waals surface area contributed by atoms with Gasteiger partial charge in [-0.2, -0.15) is 0 Å². The third-order valence-electron chi connectivity index (χ3n) is 3.98. The van der Waals surface area contributed by atoms with Crippen molar-refractivity contribution in [3.63, 3.8) is 0 Å². The highest BCUT2D eigenvalue weighted by molar-refractivity contribution is 9.12. The lowest BCUT2D eigenvalue weighted by Crippen LogP contribution is -2.16. The molecule has 0 aliphatic carbocycles. The Hall–Kier alpha value is -1.79. The number of ether oxygens (including phenoxy) is 4. The average Bonchev–Trinajstić information content (AvgIpc) is 2.59. The van der Waals surface area contributed by atoms with Gasteiger partial charge < -0.3 is 18.9 Å². The molecule has 1 aromatic rings. The van der Waals surface area contributed by atoms with Gasteiger partial charge in [-0.25, -0.2) is 0 Å². The topological polar surface area (TPSA) is 49.3 Å². The molecule has 0 amide bonds. The molecule has 1 heterocycles. The lowest BCUT2D eigenvalue weighted by atomic mass is 9.97. The largest absolute Gasteiger partial charge is 0.493 e. The first-order valence-electron chi connectivity index (χ1n) is 7.42. The maximum Gasteiger partial charge on any atom is 0.203 e. The van der Waals surface area contributed by atoms with E-state index >= 15 is 0 Å². The molecule has 6 heteroatoms. The number of rotatable bonds is 5. The van der Waals surface area contributed by atoms with Crippen LogP contribution in [-0.4, -0.2) is 40.9 Å². The van der Waals surface area contributed by atoms with E-state index in [0.717, 1.165) is 26.8 Å². The Labute approximate surface area is 151 Å². The maximum absolute atomic E-state index is 5.61. The van der Waals surface area contributed by atoms with Gasteiger partial charge in [0.1, 0.15) is 0 Å². The standard InChI is InChI=1S/C18H22BrNO4/c1-10-7-15(21-3)17(23-5)16(22-4)12(10)8-13-11(2)14(19)9-20-18(13)24-6/h7-9,18H,1-6H3. The summed E-state index contributed by atoms with van der Waals surface area (Å²) in [7, 11) is 6.46. The maximum atomic E-state index is 5.61. The monoisotopic (exact) mass is 395 g/mol. The fraction of sp³-hybridized carbons (Fsp3) is 0.389. The van der Waals surface area contributed by atoms with Crippen molar-refractivity contribution in [1.29, 1.82) is 0 Å². The number of dihydropyridines is 1. The van der Waals surface area contributed by atoms with Gasteiger partial charge in [0, 0.05) is 28.9 Å². The first-order chi connectivity index (χ1) is 11.5. The van der Waals surface area contributed by atoms with Crippen LogP contribution in [0.2, 0.25) is 0 Å². The molecule has 2 rings (SSSR count). The first kappa shape index (κ1) is 18.5. The van der Waals surface area contributed by atoms with Crippen LogP contribution in [0.5, 0.6) is 17.2 Å². The number of nitrogens with zero attached hydrogens (tertiary/aromatic N) is 1. The summed E-state index contributed by atoms with van der Waals surface area (Å²) < 4.78 is 22.9. The van der Waals surface area contributed by atoms with E-state index in [2.05, 4.69) is 20.9 Å². The van der Waals surface area contributed by atoms with E-state index in [-0.39, 0.29) is 6.23 Å². The van der Waals surface area contributed by atoms with Crippen molar-refractivity contribution < 1.29 is 18.9 Å². The van der Waals surface area contributed by atoms with Crippen molar-refractivity contribution in [1.82, 2.24) is 0 Å². The lowest BCUT2D eigenvalue weighted by Gasteiger charge is -2.22. The predicted octanol–water partition coefficient (Wildman–Crippen LogP) is 4.13. The second kappa shape index (κ2) is 7.85. The molecular weight excluding hydrogens is 374 g/mol. The van der Waals surface area contributed by atoms with E-state index in [9.17, 15) is 0 Å². The van der Waals surface area contributed by atoms with E-state index in [1.54, 1.807) is 34.7 Å². The SMILES string of the molecule is COc1cc(C)c(C=C2C(C)=C(Br)C=NC2OC)c(OC)c1OC. The summed E-state index contributed by atoms with van der Waals surface area (Å²) in [6, 6.07) is 1.93. The quantitative estimate of drug-likeness (QED) is 0.751. The first-order valence-corrected chi connectivity index (χ1v) is 8.21. The minimum atomic E-state index is -0.358. The Balaban J connectivity index is 2.70. The van der Waals surface area contributed by atoms with E-state index in [1.165, 1.54) is 0 Å². The minimum absolute atomic E-state index is 0.358. The second-order valence-electron chi connectivity index (χ2n) is 5.31. The Morgan fingerprint density at radius 1 is 1.04 bits per heavy atom. The zero-order valence-corrected chi connectivity index (χ0v) is 16.4. The van der Waals surface area contributed by atoms with Crippen LogP contribution in [0, 0.1) is 6.92 Å². The van der Waals surface area contributed by atoms with E-state index < -0.39 is 0 Å². The summed E-state index contributed by atoms with van der Waals surface area (Å²) in [5.41, 5.74) is 3.93. The van der Waals surface area contributed by atoms with Crippen molar-refractivity contribution in [2.45, 2.75) is 20.1 Å². The highest BCUT2D eigenvalue weighted by Crippen LogP contribution is 2.43. The summed E-state index contributed by atoms with van der Waals surface area (Å²) >= 11 is 3.53. The molecule has 130 valence electrons. The average molecular weight is 396 g/mol. The number of halogens is 1. The number of aliphatic imine (C=N–C) groups is 1. The number of hydrogen-bond acceptors (Lipinski definition) is 5. The van der Waals surface area contributed by atoms with E-state index in [1.807, 2.05) is 26.0 Å². The fourth-order valence-corrected chi connectivity index (χ4v) is 2.98. The summed E-state index contributed by atoms with van der Waals surface area (Å²) in [5, 5.41) is 0. The van der Waals surface area contributed by atoms with Crippen LogP contribution in [0.25, 0.3) is 6.08 Å². The van der Waals surface area contributed by atoms with E-state index in [4.69, 9.17) is 18.9 Å². The molecule has 1 aliphatic rings. The number of hydrogen-bond donors (Lipinski definition) is 0. The Kier molecular flexibility index (Phi) is 6.07. The molecule has 0 radical (unpaired) electrons. The normalized spacial score (nSPS) is 19.0. The van der Waals surface area contributed by atoms with Crippen LogP contribution in [0.1, 0.15) is 18.1 Å². The Morgan fingerprint density at radius 3 is 2.25 bits per heavy atom. The second-order valence-corrected chi connectivity index (χ2v) is 6.17. The van der Waals surface area contributed by atoms with Crippen LogP contribution in [0.15, 0.2) is 26.7 Å². The minimum Gasteiger partial charge on any atom is -0.493 e. The predicted molar refractivity (Wildman–Crippen MR) is 99.7 cm³/mol. The molecule has 5 nitrogen and oxygen atoms in total. The zero-order valence-electron chi connectivity index (χ0n) is 14.8. The Bertz CT molecular complexity index is 722. The van der Waals surface area contributed by atoms with Gasteiger partial charge in [-0.3, -0.25) is 4.99 Å². The van der Waals surface area contributed by atoms with Gasteiger partial charge in [-0.1, -0.05) is 0 Å². The summed E-state index contributed by atoms with van der Waals surface area (Å²) in [6.07, 6.45) is 3.43. The number of methoxy groups -OCH3 is 4. The highest BCUT2D eigenvalue weighted by Gasteiger charge is 2.23. The zero-order chi connectivity index (χ0) is 17.9. The third-order valence-corrected chi connectivity index (χ3v) is 4.78. The summed E-state index contributed by atoms with van der Waals surface area (Å²) in [5.74, 6) is 1.81. The lowest BCUT2D eigenvalue weighted by molar-refractivity contribution is 0.141. The van der Waals surface area contributed by atoms with Crippen LogP contribution in [0.3, 0.4) is 0 Å². The molecule has 1 atom stereocenters. The van der Waals surface area contributed by atoms with Crippen molar-refractivity contribution in [3.05, 3.63) is 32.8 Å². The van der Waals surface area contributed by atoms with Gasteiger partial charge in [0.05, 0.1) is 21.3 Å². The van der Waals surface area contributed by atoms with Crippen LogP contribution in [0.4, 0.5) is 0 Å². The molecule has 1 aliphatic heterocycles. The van der Waals surface area contributed by atoms with Crippen molar-refractivity contribution in [2.24, 2.45) is 4.99 Å². The van der Waals surface area contributed by atoms with Gasteiger partial charge in [0.2, 0.25) is 5.75 Å². The molecular formula is C18H22BrNO4. The molecule has 0 saturated carbocycles. The third kappa shape index (κ3) is 3.35. The van der Waals surface area contributed by atoms with Gasteiger partial charge in [-0.05, 0) is 53.1 Å². The molecule has 1 unspecified atom stereocenters. The number of aryl methyl sites for hydroxylation is 1. The summed E-state index contributed by atoms with van der Waals surface area (Å²) in [4.78, 5) is 4.40. The molecule has 0 aromatic heterocycles. The highest BCUT2D eigenvalue weighted by atomic mass is 79.9. The molecule has 1 aromatic carbocycles. The smallest absolute Gasteiger partial charge is 0.203 e. The van der Waals surface area contributed by atoms with Crippen molar-refractivity contribution in [3.8, 4) is 17.2 Å². The Morgan fingerprint density at radius 2 is 1.71 bits per heavy atom. The van der Waals surface area contributed by atoms with Gasteiger partial charge in [0.15, 0.2) is 17.7 Å². The van der Waals surface area contributed by atoms with Gasteiger partial charge >= 0.3 is 0 Å². The van der Waals surface area contributed by atoms with Crippen LogP contribution < -0.4 is 14.2 Å².